The number of hydrogen-bond donors (Lipinski definition) is 2. The molecule has 9 nitrogen and oxygen atoms in total. The first-order valence-electron chi connectivity index (χ1n) is 16.4. The number of hydrogen-bond acceptors (Lipinski definition) is 8. The van der Waals surface area contributed by atoms with Crippen molar-refractivity contribution in [3.05, 3.63) is 113 Å². The summed E-state index contributed by atoms with van der Waals surface area (Å²) in [6, 6.07) is 27.0. The zero-order valence-corrected chi connectivity index (χ0v) is 27.8. The lowest BCUT2D eigenvalue weighted by atomic mass is 9.98. The van der Waals surface area contributed by atoms with Gasteiger partial charge in [0.2, 0.25) is 0 Å². The lowest BCUT2D eigenvalue weighted by Crippen LogP contribution is -2.46. The van der Waals surface area contributed by atoms with Crippen LogP contribution < -0.4 is 15.8 Å². The fourth-order valence-electron chi connectivity index (χ4n) is 6.95. The standard InChI is InChI=1S/C37H40ClN9/c1-37(2,3)45-18-15-28(16-19-45)46-24-33(43-44-46)36(26-12-8-5-9-13-26)47-29-20-30-34(27(22-39)23-40-35(30)31(38)21-29)42-32(14-17-41-47)25-10-6-4-7-11-25/h4-13,20-21,23-24,28,32,36,41-42H,14-19H2,1-3H3/t32-,36+/m1/s1. The Morgan fingerprint density at radius 2 is 1.70 bits per heavy atom. The summed E-state index contributed by atoms with van der Waals surface area (Å²) < 4.78 is 2.07. The molecule has 2 aliphatic heterocycles. The van der Waals surface area contributed by atoms with Gasteiger partial charge in [-0.15, -0.1) is 5.10 Å². The van der Waals surface area contributed by atoms with Crippen molar-refractivity contribution in [1.82, 2.24) is 30.3 Å². The highest BCUT2D eigenvalue weighted by Gasteiger charge is 2.32. The van der Waals surface area contributed by atoms with E-state index in [2.05, 4.69) is 106 Å². The van der Waals surface area contributed by atoms with E-state index in [0.717, 1.165) is 65.9 Å². The molecule has 1 saturated heterocycles. The van der Waals surface area contributed by atoms with E-state index in [4.69, 9.17) is 21.9 Å². The van der Waals surface area contributed by atoms with Gasteiger partial charge in [0.25, 0.3) is 0 Å². The average molecular weight is 646 g/mol. The number of hydrazine groups is 1. The van der Waals surface area contributed by atoms with Gasteiger partial charge in [-0.05, 0) is 63.3 Å². The number of pyridine rings is 1. The molecule has 2 atom stereocenters. The molecule has 1 fully saturated rings. The van der Waals surface area contributed by atoms with Gasteiger partial charge in [0.05, 0.1) is 45.8 Å². The van der Waals surface area contributed by atoms with Crippen molar-refractivity contribution in [3.63, 3.8) is 0 Å². The van der Waals surface area contributed by atoms with Crippen LogP contribution in [0.1, 0.15) is 80.5 Å². The SMILES string of the molecule is CC(C)(C)N1CCC(n2cc([C@H](c3ccccc3)N3NCC[C@H](c4ccccc4)Nc4c(C#N)cnc5c(Cl)cc3cc45)nn2)CC1. The Labute approximate surface area is 281 Å². The Kier molecular flexibility index (Phi) is 8.58. The smallest absolute Gasteiger partial charge is 0.116 e. The Morgan fingerprint density at radius 3 is 2.40 bits per heavy atom. The van der Waals surface area contributed by atoms with Crippen molar-refractivity contribution in [1.29, 1.82) is 5.26 Å². The van der Waals surface area contributed by atoms with Gasteiger partial charge in [-0.25, -0.2) is 10.1 Å². The maximum absolute atomic E-state index is 10.1. The zero-order chi connectivity index (χ0) is 32.5. The van der Waals surface area contributed by atoms with Gasteiger partial charge in [-0.3, -0.25) is 14.9 Å². The highest BCUT2D eigenvalue weighted by molar-refractivity contribution is 6.35. The van der Waals surface area contributed by atoms with Crippen molar-refractivity contribution in [2.24, 2.45) is 0 Å². The molecular weight excluding hydrogens is 606 g/mol. The van der Waals surface area contributed by atoms with Crippen LogP contribution in [0.25, 0.3) is 10.9 Å². The minimum Gasteiger partial charge on any atom is -0.377 e. The van der Waals surface area contributed by atoms with Crippen LogP contribution in [0, 0.1) is 11.3 Å². The number of piperidine rings is 1. The first-order valence-corrected chi connectivity index (χ1v) is 16.8. The van der Waals surface area contributed by atoms with Gasteiger partial charge in [0.1, 0.15) is 17.8 Å². The maximum atomic E-state index is 10.1. The third-order valence-electron chi connectivity index (χ3n) is 9.51. The third kappa shape index (κ3) is 6.29. The number of halogens is 1. The molecule has 3 aromatic carbocycles. The Morgan fingerprint density at radius 1 is 0.979 bits per heavy atom. The molecule has 0 saturated carbocycles. The largest absolute Gasteiger partial charge is 0.377 e. The minimum absolute atomic E-state index is 0.0567. The Bertz CT molecular complexity index is 1890. The number of rotatable bonds is 5. The number of nitriles is 1. The molecule has 2 aromatic heterocycles. The lowest BCUT2D eigenvalue weighted by molar-refractivity contribution is 0.0866. The average Bonchev–Trinajstić information content (AvgIpc) is 3.57. The van der Waals surface area contributed by atoms with Crippen LogP contribution in [-0.4, -0.2) is 50.1 Å². The molecule has 0 unspecified atom stereocenters. The predicted octanol–water partition coefficient (Wildman–Crippen LogP) is 7.44. The molecule has 0 amide bonds. The molecule has 10 heteroatoms. The number of fused-ring (bicyclic) bond motifs is 1. The Hall–Kier alpha value is -4.49. The van der Waals surface area contributed by atoms with Crippen LogP contribution in [0.4, 0.5) is 11.4 Å². The summed E-state index contributed by atoms with van der Waals surface area (Å²) in [7, 11) is 0. The Balaban J connectivity index is 1.32. The quantitative estimate of drug-likeness (QED) is 0.203. The van der Waals surface area contributed by atoms with E-state index >= 15 is 0 Å². The molecule has 4 heterocycles. The van der Waals surface area contributed by atoms with Gasteiger partial charge in [0, 0.05) is 36.8 Å². The third-order valence-corrected chi connectivity index (χ3v) is 9.80. The summed E-state index contributed by atoms with van der Waals surface area (Å²) in [5, 5.41) is 26.8. The minimum atomic E-state index is -0.300. The summed E-state index contributed by atoms with van der Waals surface area (Å²) in [6.45, 7) is 9.56. The summed E-state index contributed by atoms with van der Waals surface area (Å²) >= 11 is 6.98. The summed E-state index contributed by atoms with van der Waals surface area (Å²) in [6.07, 6.45) is 6.55. The highest BCUT2D eigenvalue weighted by atomic mass is 35.5. The van der Waals surface area contributed by atoms with Crippen molar-refractivity contribution in [3.8, 4) is 6.07 Å². The van der Waals surface area contributed by atoms with Gasteiger partial charge in [-0.1, -0.05) is 77.5 Å². The topological polar surface area (TPSA) is 97.9 Å². The van der Waals surface area contributed by atoms with Crippen LogP contribution in [0.3, 0.4) is 0 Å². The van der Waals surface area contributed by atoms with E-state index < -0.39 is 0 Å². The molecule has 2 bridgehead atoms. The molecule has 0 spiro atoms. The molecule has 0 aliphatic carbocycles. The van der Waals surface area contributed by atoms with Crippen molar-refractivity contribution >= 4 is 33.9 Å². The molecular formula is C37H40ClN9. The van der Waals surface area contributed by atoms with Gasteiger partial charge in [-0.2, -0.15) is 5.26 Å². The van der Waals surface area contributed by atoms with Crippen molar-refractivity contribution < 1.29 is 0 Å². The van der Waals surface area contributed by atoms with E-state index in [1.807, 2.05) is 30.3 Å². The van der Waals surface area contributed by atoms with E-state index in [-0.39, 0.29) is 17.6 Å². The van der Waals surface area contributed by atoms with Gasteiger partial charge >= 0.3 is 0 Å². The fourth-order valence-corrected chi connectivity index (χ4v) is 7.21. The van der Waals surface area contributed by atoms with Crippen LogP contribution in [0.15, 0.2) is 85.2 Å². The fraction of sp³-hybridized carbons (Fsp3) is 0.351. The molecule has 240 valence electrons. The number of nitrogens with zero attached hydrogens (tertiary/aromatic N) is 7. The van der Waals surface area contributed by atoms with E-state index in [9.17, 15) is 5.26 Å². The highest BCUT2D eigenvalue weighted by Crippen LogP contribution is 2.40. The summed E-state index contributed by atoms with van der Waals surface area (Å²) in [5.74, 6) is 0. The van der Waals surface area contributed by atoms with E-state index in [1.54, 1.807) is 6.20 Å². The van der Waals surface area contributed by atoms with Crippen LogP contribution >= 0.6 is 11.6 Å². The lowest BCUT2D eigenvalue weighted by Gasteiger charge is -2.40. The van der Waals surface area contributed by atoms with Crippen LogP contribution in [-0.2, 0) is 0 Å². The number of benzene rings is 3. The van der Waals surface area contributed by atoms with Crippen molar-refractivity contribution in [2.75, 3.05) is 30.0 Å². The van der Waals surface area contributed by atoms with Crippen LogP contribution in [0.2, 0.25) is 5.02 Å². The van der Waals surface area contributed by atoms with E-state index in [0.29, 0.717) is 28.7 Å². The second kappa shape index (κ2) is 13.0. The molecule has 7 rings (SSSR count). The number of nitrogens with one attached hydrogen (secondary N) is 2. The predicted molar refractivity (Wildman–Crippen MR) is 187 cm³/mol. The molecule has 47 heavy (non-hydrogen) atoms. The molecule has 5 aromatic rings. The number of aromatic nitrogens is 4. The number of anilines is 2. The second-order valence-corrected chi connectivity index (χ2v) is 13.9. The first kappa shape index (κ1) is 31.1. The zero-order valence-electron chi connectivity index (χ0n) is 27.1. The monoisotopic (exact) mass is 645 g/mol. The number of likely N-dealkylation sites (tertiary alicyclic amines) is 1. The van der Waals surface area contributed by atoms with Crippen molar-refractivity contribution in [2.45, 2.75) is 63.7 Å². The normalized spacial score (nSPS) is 18.5. The first-order chi connectivity index (χ1) is 22.8. The maximum Gasteiger partial charge on any atom is 0.116 e. The molecule has 2 N–H and O–H groups in total. The molecule has 2 aliphatic rings. The molecule has 0 radical (unpaired) electrons. The van der Waals surface area contributed by atoms with Gasteiger partial charge < -0.3 is 5.32 Å². The second-order valence-electron chi connectivity index (χ2n) is 13.5. The van der Waals surface area contributed by atoms with Crippen LogP contribution in [0.5, 0.6) is 0 Å². The summed E-state index contributed by atoms with van der Waals surface area (Å²) in [4.78, 5) is 7.16. The summed E-state index contributed by atoms with van der Waals surface area (Å²) in [5.41, 5.74) is 9.68. The van der Waals surface area contributed by atoms with Gasteiger partial charge in [0.15, 0.2) is 0 Å². The van der Waals surface area contributed by atoms with E-state index in [1.165, 1.54) is 0 Å².